The number of hydrogen-bond donors (Lipinski definition) is 1. The van der Waals surface area contributed by atoms with Crippen LogP contribution in [0.25, 0.3) is 0 Å². The minimum atomic E-state index is -0.190. The van der Waals surface area contributed by atoms with Gasteiger partial charge >= 0.3 is 0 Å². The zero-order valence-corrected chi connectivity index (χ0v) is 14.5. The molecule has 24 heavy (non-hydrogen) atoms. The van der Waals surface area contributed by atoms with Crippen molar-refractivity contribution in [3.05, 3.63) is 53.1 Å². The van der Waals surface area contributed by atoms with Crippen molar-refractivity contribution < 1.29 is 9.53 Å². The largest absolute Gasteiger partial charge is 0.495 e. The van der Waals surface area contributed by atoms with Crippen molar-refractivity contribution in [2.24, 2.45) is 0 Å². The maximum absolute atomic E-state index is 12.3. The first-order chi connectivity index (χ1) is 11.7. The fraction of sp³-hybridized carbons (Fsp3) is 0.316. The second-order valence-electron chi connectivity index (χ2n) is 5.90. The molecule has 0 aliphatic carbocycles. The van der Waals surface area contributed by atoms with Gasteiger partial charge in [0.2, 0.25) is 0 Å². The van der Waals surface area contributed by atoms with Gasteiger partial charge in [-0.3, -0.25) is 4.79 Å². The molecule has 2 aromatic carbocycles. The summed E-state index contributed by atoms with van der Waals surface area (Å²) in [7, 11) is 1.55. The molecule has 0 atom stereocenters. The maximum Gasteiger partial charge on any atom is 0.255 e. The lowest BCUT2D eigenvalue weighted by atomic mass is 10.1. The Morgan fingerprint density at radius 1 is 1.08 bits per heavy atom. The average molecular weight is 345 g/mol. The fourth-order valence-corrected chi connectivity index (χ4v) is 3.18. The minimum absolute atomic E-state index is 0.190. The van der Waals surface area contributed by atoms with Crippen molar-refractivity contribution in [2.45, 2.75) is 19.3 Å². The Hall–Kier alpha value is -2.20. The zero-order chi connectivity index (χ0) is 16.9. The standard InChI is InChI=1S/C19H21ClN2O2/c1-24-18-10-5-14(13-17(18)20)19(23)21-15-6-8-16(9-7-15)22-11-3-2-4-12-22/h5-10,13H,2-4,11-12H2,1H3,(H,21,23). The first-order valence-corrected chi connectivity index (χ1v) is 8.55. The lowest BCUT2D eigenvalue weighted by molar-refractivity contribution is 0.102. The molecule has 1 fully saturated rings. The molecule has 1 N–H and O–H groups in total. The molecule has 1 aliphatic heterocycles. The van der Waals surface area contributed by atoms with Gasteiger partial charge in [0.05, 0.1) is 12.1 Å². The van der Waals surface area contributed by atoms with Crippen LogP contribution in [-0.4, -0.2) is 26.1 Å². The van der Waals surface area contributed by atoms with E-state index in [1.54, 1.807) is 25.3 Å². The van der Waals surface area contributed by atoms with E-state index in [1.165, 1.54) is 24.9 Å². The molecule has 4 nitrogen and oxygen atoms in total. The number of rotatable bonds is 4. The van der Waals surface area contributed by atoms with Crippen LogP contribution in [-0.2, 0) is 0 Å². The van der Waals surface area contributed by atoms with Crippen molar-refractivity contribution in [1.29, 1.82) is 0 Å². The highest BCUT2D eigenvalue weighted by molar-refractivity contribution is 6.32. The van der Waals surface area contributed by atoms with Crippen LogP contribution in [0.15, 0.2) is 42.5 Å². The van der Waals surface area contributed by atoms with E-state index in [0.29, 0.717) is 16.3 Å². The molecule has 126 valence electrons. The van der Waals surface area contributed by atoms with Crippen molar-refractivity contribution in [3.63, 3.8) is 0 Å². The number of carbonyl (C=O) groups is 1. The van der Waals surface area contributed by atoms with Gasteiger partial charge in [0.15, 0.2) is 0 Å². The van der Waals surface area contributed by atoms with E-state index in [4.69, 9.17) is 16.3 Å². The van der Waals surface area contributed by atoms with Gasteiger partial charge in [-0.25, -0.2) is 0 Å². The van der Waals surface area contributed by atoms with E-state index in [0.717, 1.165) is 18.8 Å². The van der Waals surface area contributed by atoms with Gasteiger partial charge < -0.3 is 15.0 Å². The summed E-state index contributed by atoms with van der Waals surface area (Å²) >= 11 is 6.07. The van der Waals surface area contributed by atoms with Gasteiger partial charge in [0.1, 0.15) is 5.75 Å². The number of piperidine rings is 1. The van der Waals surface area contributed by atoms with Crippen LogP contribution in [0.3, 0.4) is 0 Å². The molecule has 0 unspecified atom stereocenters. The van der Waals surface area contributed by atoms with E-state index in [-0.39, 0.29) is 5.91 Å². The number of amides is 1. The summed E-state index contributed by atoms with van der Waals surface area (Å²) in [6.45, 7) is 2.21. The normalized spacial score (nSPS) is 14.3. The number of hydrogen-bond acceptors (Lipinski definition) is 3. The molecule has 0 radical (unpaired) electrons. The van der Waals surface area contributed by atoms with Crippen LogP contribution in [0.4, 0.5) is 11.4 Å². The smallest absolute Gasteiger partial charge is 0.255 e. The Labute approximate surface area is 147 Å². The van der Waals surface area contributed by atoms with Gasteiger partial charge in [-0.2, -0.15) is 0 Å². The van der Waals surface area contributed by atoms with Crippen LogP contribution >= 0.6 is 11.6 Å². The van der Waals surface area contributed by atoms with Gasteiger partial charge in [-0.1, -0.05) is 11.6 Å². The quantitative estimate of drug-likeness (QED) is 0.881. The number of anilines is 2. The number of nitrogens with zero attached hydrogens (tertiary/aromatic N) is 1. The molecule has 0 spiro atoms. The van der Waals surface area contributed by atoms with Crippen LogP contribution in [0.2, 0.25) is 5.02 Å². The first kappa shape index (κ1) is 16.7. The topological polar surface area (TPSA) is 41.6 Å². The molecule has 0 saturated carbocycles. The number of halogens is 1. The van der Waals surface area contributed by atoms with Crippen molar-refractivity contribution >= 4 is 28.9 Å². The molecular formula is C19H21ClN2O2. The summed E-state index contributed by atoms with van der Waals surface area (Å²) in [6.07, 6.45) is 3.81. The van der Waals surface area contributed by atoms with Crippen LogP contribution in [0.5, 0.6) is 5.75 Å². The second-order valence-corrected chi connectivity index (χ2v) is 6.31. The highest BCUT2D eigenvalue weighted by Gasteiger charge is 2.12. The Balaban J connectivity index is 1.67. The predicted octanol–water partition coefficient (Wildman–Crippen LogP) is 4.59. The molecule has 2 aromatic rings. The average Bonchev–Trinajstić information content (AvgIpc) is 2.63. The monoisotopic (exact) mass is 344 g/mol. The van der Waals surface area contributed by atoms with Crippen molar-refractivity contribution in [1.82, 2.24) is 0 Å². The van der Waals surface area contributed by atoms with E-state index >= 15 is 0 Å². The minimum Gasteiger partial charge on any atom is -0.495 e. The van der Waals surface area contributed by atoms with Crippen molar-refractivity contribution in [2.75, 3.05) is 30.4 Å². The van der Waals surface area contributed by atoms with Gasteiger partial charge in [0, 0.05) is 30.0 Å². The Bertz CT molecular complexity index is 710. The Morgan fingerprint density at radius 3 is 2.42 bits per heavy atom. The SMILES string of the molecule is COc1ccc(C(=O)Nc2ccc(N3CCCCC3)cc2)cc1Cl. The lowest BCUT2D eigenvalue weighted by Gasteiger charge is -2.28. The molecule has 1 amide bonds. The molecular weight excluding hydrogens is 324 g/mol. The Kier molecular flexibility index (Phi) is 5.26. The second kappa shape index (κ2) is 7.58. The number of methoxy groups -OCH3 is 1. The highest BCUT2D eigenvalue weighted by Crippen LogP contribution is 2.26. The number of nitrogens with one attached hydrogen (secondary N) is 1. The van der Waals surface area contributed by atoms with Crippen molar-refractivity contribution in [3.8, 4) is 5.75 Å². The summed E-state index contributed by atoms with van der Waals surface area (Å²) in [4.78, 5) is 14.7. The third-order valence-corrected chi connectivity index (χ3v) is 4.56. The molecule has 0 aromatic heterocycles. The van der Waals surface area contributed by atoms with Gasteiger partial charge in [-0.15, -0.1) is 0 Å². The van der Waals surface area contributed by atoms with Gasteiger partial charge in [-0.05, 0) is 61.7 Å². The molecule has 3 rings (SSSR count). The molecule has 5 heteroatoms. The number of benzene rings is 2. The maximum atomic E-state index is 12.3. The summed E-state index contributed by atoms with van der Waals surface area (Å²) in [5.74, 6) is 0.365. The predicted molar refractivity (Wildman–Crippen MR) is 98.5 cm³/mol. The number of ether oxygens (including phenoxy) is 1. The van der Waals surface area contributed by atoms with Crippen LogP contribution < -0.4 is 15.0 Å². The van der Waals surface area contributed by atoms with Crippen LogP contribution in [0.1, 0.15) is 29.6 Å². The summed E-state index contributed by atoms with van der Waals surface area (Å²) in [5.41, 5.74) is 2.48. The third kappa shape index (κ3) is 3.82. The summed E-state index contributed by atoms with van der Waals surface area (Å²) in [6, 6.07) is 13.0. The van der Waals surface area contributed by atoms with E-state index in [2.05, 4.69) is 22.3 Å². The Morgan fingerprint density at radius 2 is 1.79 bits per heavy atom. The highest BCUT2D eigenvalue weighted by atomic mass is 35.5. The van der Waals surface area contributed by atoms with Gasteiger partial charge in [0.25, 0.3) is 5.91 Å². The van der Waals surface area contributed by atoms with E-state index < -0.39 is 0 Å². The lowest BCUT2D eigenvalue weighted by Crippen LogP contribution is -2.29. The van der Waals surface area contributed by atoms with E-state index in [1.807, 2.05) is 12.1 Å². The molecule has 1 saturated heterocycles. The fourth-order valence-electron chi connectivity index (χ4n) is 2.92. The molecule has 1 heterocycles. The third-order valence-electron chi connectivity index (χ3n) is 4.26. The first-order valence-electron chi connectivity index (χ1n) is 8.17. The summed E-state index contributed by atoms with van der Waals surface area (Å²) < 4.78 is 5.10. The molecule has 0 bridgehead atoms. The van der Waals surface area contributed by atoms with E-state index in [9.17, 15) is 4.79 Å². The molecule has 1 aliphatic rings. The van der Waals surface area contributed by atoms with Crippen LogP contribution in [0, 0.1) is 0 Å². The summed E-state index contributed by atoms with van der Waals surface area (Å²) in [5, 5.41) is 3.32. The number of carbonyl (C=O) groups excluding carboxylic acids is 1. The zero-order valence-electron chi connectivity index (χ0n) is 13.7.